The maximum Gasteiger partial charge on any atom is 0.120 e. The summed E-state index contributed by atoms with van der Waals surface area (Å²) in [7, 11) is 0. The van der Waals surface area contributed by atoms with Crippen molar-refractivity contribution >= 4 is 11.6 Å². The second kappa shape index (κ2) is 6.77. The molecule has 1 atom stereocenters. The van der Waals surface area contributed by atoms with E-state index in [1.54, 1.807) is 6.07 Å². The van der Waals surface area contributed by atoms with Crippen molar-refractivity contribution in [1.82, 2.24) is 9.78 Å². The van der Waals surface area contributed by atoms with E-state index in [1.807, 2.05) is 35.1 Å². The number of nitrogens with two attached hydrogens (primary N) is 1. The van der Waals surface area contributed by atoms with Crippen LogP contribution in [0.1, 0.15) is 25.6 Å². The van der Waals surface area contributed by atoms with E-state index in [1.165, 1.54) is 0 Å². The lowest BCUT2D eigenvalue weighted by atomic mass is 10.2. The molecule has 1 heterocycles. The molecule has 20 heavy (non-hydrogen) atoms. The molecule has 0 radical (unpaired) electrons. The van der Waals surface area contributed by atoms with E-state index < -0.39 is 0 Å². The normalized spacial score (nSPS) is 12.7. The minimum Gasteiger partial charge on any atom is -0.492 e. The molecular formula is C15H20ClN3O. The smallest absolute Gasteiger partial charge is 0.120 e. The van der Waals surface area contributed by atoms with Crippen molar-refractivity contribution in [2.24, 2.45) is 5.73 Å². The summed E-state index contributed by atoms with van der Waals surface area (Å²) in [5.74, 6) is 0.737. The van der Waals surface area contributed by atoms with Crippen LogP contribution in [0.4, 0.5) is 0 Å². The molecule has 0 saturated heterocycles. The summed E-state index contributed by atoms with van der Waals surface area (Å²) in [5, 5.41) is 5.14. The van der Waals surface area contributed by atoms with Gasteiger partial charge >= 0.3 is 0 Å². The number of aromatic nitrogens is 2. The maximum atomic E-state index is 6.07. The molecule has 2 aromatic rings. The number of hydrogen-bond donors (Lipinski definition) is 1. The number of ether oxygens (including phenoxy) is 1. The van der Waals surface area contributed by atoms with Crippen LogP contribution >= 0.6 is 11.6 Å². The van der Waals surface area contributed by atoms with Gasteiger partial charge in [-0.1, -0.05) is 17.7 Å². The van der Waals surface area contributed by atoms with Gasteiger partial charge in [0, 0.05) is 29.7 Å². The summed E-state index contributed by atoms with van der Waals surface area (Å²) < 4.78 is 7.56. The number of rotatable bonds is 6. The first-order chi connectivity index (χ1) is 9.54. The number of benzene rings is 1. The predicted molar refractivity (Wildman–Crippen MR) is 81.2 cm³/mol. The summed E-state index contributed by atoms with van der Waals surface area (Å²) in [6.45, 7) is 4.63. The average Bonchev–Trinajstić information content (AvgIpc) is 2.85. The molecular weight excluding hydrogens is 274 g/mol. The van der Waals surface area contributed by atoms with Crippen LogP contribution in [0.2, 0.25) is 5.02 Å². The van der Waals surface area contributed by atoms with Gasteiger partial charge in [0.25, 0.3) is 0 Å². The van der Waals surface area contributed by atoms with E-state index in [9.17, 15) is 0 Å². The van der Waals surface area contributed by atoms with Crippen molar-refractivity contribution < 1.29 is 4.74 Å². The van der Waals surface area contributed by atoms with Gasteiger partial charge in [0.2, 0.25) is 0 Å². The largest absolute Gasteiger partial charge is 0.492 e. The fourth-order valence-electron chi connectivity index (χ4n) is 1.86. The van der Waals surface area contributed by atoms with E-state index in [4.69, 9.17) is 22.1 Å². The molecule has 0 bridgehead atoms. The van der Waals surface area contributed by atoms with Crippen molar-refractivity contribution in [3.05, 3.63) is 47.2 Å². The van der Waals surface area contributed by atoms with Crippen LogP contribution in [0.15, 0.2) is 36.5 Å². The lowest BCUT2D eigenvalue weighted by molar-refractivity contribution is 0.286. The molecule has 0 aliphatic heterocycles. The Bertz CT molecular complexity index is 554. The van der Waals surface area contributed by atoms with Gasteiger partial charge in [-0.15, -0.1) is 0 Å². The molecule has 1 aromatic carbocycles. The Balaban J connectivity index is 1.84. The van der Waals surface area contributed by atoms with Gasteiger partial charge in [0.15, 0.2) is 0 Å². The molecule has 0 aliphatic rings. The van der Waals surface area contributed by atoms with E-state index >= 15 is 0 Å². The lowest BCUT2D eigenvalue weighted by Crippen LogP contribution is -2.30. The summed E-state index contributed by atoms with van der Waals surface area (Å²) >= 11 is 5.90. The molecule has 1 aromatic heterocycles. The molecule has 108 valence electrons. The fraction of sp³-hybridized carbons (Fsp3) is 0.400. The Labute approximate surface area is 124 Å². The van der Waals surface area contributed by atoms with Crippen LogP contribution in [0, 0.1) is 0 Å². The van der Waals surface area contributed by atoms with Gasteiger partial charge in [0.1, 0.15) is 12.4 Å². The molecule has 0 spiro atoms. The first-order valence-corrected chi connectivity index (χ1v) is 7.10. The van der Waals surface area contributed by atoms with Crippen molar-refractivity contribution in [3.8, 4) is 5.75 Å². The Morgan fingerprint density at radius 1 is 1.35 bits per heavy atom. The fourth-order valence-corrected chi connectivity index (χ4v) is 2.04. The van der Waals surface area contributed by atoms with E-state index in [2.05, 4.69) is 18.9 Å². The highest BCUT2D eigenvalue weighted by Crippen LogP contribution is 2.17. The maximum absolute atomic E-state index is 6.07. The number of halogens is 1. The predicted octanol–water partition coefficient (Wildman–Crippen LogP) is 3.07. The molecule has 2 rings (SSSR count). The minimum absolute atomic E-state index is 0.0931. The summed E-state index contributed by atoms with van der Waals surface area (Å²) in [4.78, 5) is 0. The first kappa shape index (κ1) is 14.9. The van der Waals surface area contributed by atoms with Crippen LogP contribution in [0.5, 0.6) is 5.75 Å². The second-order valence-electron chi connectivity index (χ2n) is 5.11. The van der Waals surface area contributed by atoms with Crippen LogP contribution < -0.4 is 10.5 Å². The van der Waals surface area contributed by atoms with Gasteiger partial charge in [-0.3, -0.25) is 4.68 Å². The summed E-state index contributed by atoms with van der Waals surface area (Å²) in [6.07, 6.45) is 2.67. The molecule has 0 saturated carbocycles. The third kappa shape index (κ3) is 4.25. The van der Waals surface area contributed by atoms with E-state index in [-0.39, 0.29) is 6.04 Å². The van der Waals surface area contributed by atoms with Gasteiger partial charge in [-0.2, -0.15) is 5.10 Å². The summed E-state index contributed by atoms with van der Waals surface area (Å²) in [6, 6.07) is 9.58. The van der Waals surface area contributed by atoms with Gasteiger partial charge < -0.3 is 10.5 Å². The quantitative estimate of drug-likeness (QED) is 0.890. The molecule has 2 N–H and O–H groups in total. The molecule has 4 nitrogen and oxygen atoms in total. The van der Waals surface area contributed by atoms with Crippen LogP contribution in [0.25, 0.3) is 0 Å². The zero-order valence-electron chi connectivity index (χ0n) is 11.8. The standard InChI is InChI=1S/C15H20ClN3O/c1-11(2)19-7-6-14(18-19)9-13(17)10-20-15-5-3-4-12(16)8-15/h3-8,11,13H,9-10,17H2,1-2H3. The number of nitrogens with zero attached hydrogens (tertiary/aromatic N) is 2. The Hall–Kier alpha value is -1.52. The molecule has 1 unspecified atom stereocenters. The Kier molecular flexibility index (Phi) is 5.04. The molecule has 0 aliphatic carbocycles. The zero-order valence-corrected chi connectivity index (χ0v) is 12.5. The highest BCUT2D eigenvalue weighted by Gasteiger charge is 2.09. The Morgan fingerprint density at radius 2 is 2.15 bits per heavy atom. The minimum atomic E-state index is -0.0931. The third-order valence-corrected chi connectivity index (χ3v) is 3.16. The highest BCUT2D eigenvalue weighted by molar-refractivity contribution is 6.30. The van der Waals surface area contributed by atoms with E-state index in [0.29, 0.717) is 24.1 Å². The summed E-state index contributed by atoms with van der Waals surface area (Å²) in [5.41, 5.74) is 7.06. The molecule has 5 heteroatoms. The Morgan fingerprint density at radius 3 is 2.80 bits per heavy atom. The van der Waals surface area contributed by atoms with Gasteiger partial charge in [0.05, 0.1) is 5.69 Å². The van der Waals surface area contributed by atoms with Crippen molar-refractivity contribution in [1.29, 1.82) is 0 Å². The van der Waals surface area contributed by atoms with Crippen molar-refractivity contribution in [2.75, 3.05) is 6.61 Å². The zero-order chi connectivity index (χ0) is 14.5. The monoisotopic (exact) mass is 293 g/mol. The van der Waals surface area contributed by atoms with Gasteiger partial charge in [-0.25, -0.2) is 0 Å². The number of hydrogen-bond acceptors (Lipinski definition) is 3. The molecule has 0 amide bonds. The van der Waals surface area contributed by atoms with E-state index in [0.717, 1.165) is 11.4 Å². The highest BCUT2D eigenvalue weighted by atomic mass is 35.5. The second-order valence-corrected chi connectivity index (χ2v) is 5.55. The lowest BCUT2D eigenvalue weighted by Gasteiger charge is -2.12. The van der Waals surface area contributed by atoms with Crippen LogP contribution in [-0.2, 0) is 6.42 Å². The van der Waals surface area contributed by atoms with Crippen molar-refractivity contribution in [3.63, 3.8) is 0 Å². The molecule has 0 fully saturated rings. The SMILES string of the molecule is CC(C)n1ccc(CC(N)COc2cccc(Cl)c2)n1. The topological polar surface area (TPSA) is 53.1 Å². The van der Waals surface area contributed by atoms with Gasteiger partial charge in [-0.05, 0) is 38.1 Å². The average molecular weight is 294 g/mol. The van der Waals surface area contributed by atoms with Crippen LogP contribution in [0.3, 0.4) is 0 Å². The van der Waals surface area contributed by atoms with Crippen LogP contribution in [-0.4, -0.2) is 22.4 Å². The first-order valence-electron chi connectivity index (χ1n) is 6.72. The van der Waals surface area contributed by atoms with Crippen molar-refractivity contribution in [2.45, 2.75) is 32.4 Å². The third-order valence-electron chi connectivity index (χ3n) is 2.92.